The van der Waals surface area contributed by atoms with Crippen LogP contribution in [0.25, 0.3) is 0 Å². The van der Waals surface area contributed by atoms with E-state index in [4.69, 9.17) is 0 Å². The quantitative estimate of drug-likeness (QED) is 0.493. The predicted molar refractivity (Wildman–Crippen MR) is 132 cm³/mol. The molecule has 0 radical (unpaired) electrons. The van der Waals surface area contributed by atoms with Gasteiger partial charge in [-0.2, -0.15) is 18.4 Å². The first-order valence-electron chi connectivity index (χ1n) is 12.5. The largest absolute Gasteiger partial charge is 0.471 e. The first-order valence-corrected chi connectivity index (χ1v) is 12.5. The third-order valence-electron chi connectivity index (χ3n) is 7.63. The molecule has 1 aromatic carbocycles. The van der Waals surface area contributed by atoms with Gasteiger partial charge in [0.1, 0.15) is 29.1 Å². The van der Waals surface area contributed by atoms with Gasteiger partial charge in [-0.1, -0.05) is 32.0 Å². The number of hydrogen-bond donors (Lipinski definition) is 3. The Labute approximate surface area is 224 Å². The Hall–Kier alpha value is -3.66. The van der Waals surface area contributed by atoms with Gasteiger partial charge in [0.05, 0.1) is 6.07 Å². The fourth-order valence-electron chi connectivity index (χ4n) is 5.37. The highest BCUT2D eigenvalue weighted by atomic mass is 19.4. The van der Waals surface area contributed by atoms with Crippen LogP contribution in [0.3, 0.4) is 0 Å². The van der Waals surface area contributed by atoms with E-state index in [1.165, 1.54) is 14.0 Å². The number of aliphatic hydroxyl groups is 1. The van der Waals surface area contributed by atoms with E-state index in [-0.39, 0.29) is 25.3 Å². The minimum atomic E-state index is -5.19. The second kappa shape index (κ2) is 10.5. The van der Waals surface area contributed by atoms with Gasteiger partial charge in [0, 0.05) is 31.3 Å². The van der Waals surface area contributed by atoms with Crippen molar-refractivity contribution in [2.45, 2.75) is 70.4 Å². The van der Waals surface area contributed by atoms with Crippen LogP contribution in [0.4, 0.5) is 18.9 Å². The van der Waals surface area contributed by atoms with Crippen LogP contribution in [0.1, 0.15) is 46.1 Å². The van der Waals surface area contributed by atoms with E-state index in [0.717, 1.165) is 16.7 Å². The molecule has 1 spiro atoms. The van der Waals surface area contributed by atoms with Crippen molar-refractivity contribution >= 4 is 29.3 Å². The molecule has 0 aliphatic carbocycles. The molecule has 3 N–H and O–H groups in total. The van der Waals surface area contributed by atoms with E-state index in [1.54, 1.807) is 43.4 Å². The molecule has 4 amide bonds. The summed E-state index contributed by atoms with van der Waals surface area (Å²) in [6.07, 6.45) is -5.28. The van der Waals surface area contributed by atoms with Crippen LogP contribution < -0.4 is 10.6 Å². The van der Waals surface area contributed by atoms with Gasteiger partial charge in [-0.3, -0.25) is 19.2 Å². The van der Waals surface area contributed by atoms with Crippen LogP contribution in [0.15, 0.2) is 24.3 Å². The van der Waals surface area contributed by atoms with Crippen LogP contribution in [-0.4, -0.2) is 76.4 Å². The number of carbonyl (C=O) groups excluding carboxylic acids is 4. The summed E-state index contributed by atoms with van der Waals surface area (Å²) < 4.78 is 38.1. The van der Waals surface area contributed by atoms with Gasteiger partial charge >= 0.3 is 12.1 Å². The molecule has 5 atom stereocenters. The standard InChI is InChI=1S/C26H32F3N5O5/c1-14(2)10-19(33(5)20(35)15(3)31-23(38)26(27,28)29)21(36)34-13-25(11-16(34)12-30)22(37)32-18-9-7-6-8-17(18)24(25,4)39/h6-9,14-16,19,39H,10-11,13H2,1-5H3,(H,31,38)(H,32,37)/t15?,16-,19?,24?,25+/m0/s1. The van der Waals surface area contributed by atoms with Crippen LogP contribution in [-0.2, 0) is 24.8 Å². The molecule has 212 valence electrons. The Morgan fingerprint density at radius 1 is 1.28 bits per heavy atom. The minimum Gasteiger partial charge on any atom is -0.384 e. The molecular formula is C26H32F3N5O5. The third kappa shape index (κ3) is 5.30. The number of halogens is 3. The summed E-state index contributed by atoms with van der Waals surface area (Å²) in [7, 11) is 1.23. The first kappa shape index (κ1) is 29.9. The van der Waals surface area contributed by atoms with Crippen LogP contribution in [0, 0.1) is 22.7 Å². The zero-order valence-corrected chi connectivity index (χ0v) is 22.3. The Balaban J connectivity index is 1.93. The number of rotatable bonds is 6. The van der Waals surface area contributed by atoms with Crippen molar-refractivity contribution < 1.29 is 37.5 Å². The number of amides is 4. The smallest absolute Gasteiger partial charge is 0.384 e. The summed E-state index contributed by atoms with van der Waals surface area (Å²) in [6, 6.07) is 4.75. The zero-order chi connectivity index (χ0) is 29.5. The Kier molecular flexibility index (Phi) is 8.03. The summed E-state index contributed by atoms with van der Waals surface area (Å²) in [6.45, 7) is 5.75. The topological polar surface area (TPSA) is 143 Å². The summed E-state index contributed by atoms with van der Waals surface area (Å²) in [5.41, 5.74) is -2.48. The van der Waals surface area contributed by atoms with Crippen molar-refractivity contribution in [2.24, 2.45) is 11.3 Å². The molecule has 1 saturated heterocycles. The van der Waals surface area contributed by atoms with E-state index in [2.05, 4.69) is 5.32 Å². The second-order valence-corrected chi connectivity index (χ2v) is 10.8. The van der Waals surface area contributed by atoms with Crippen molar-refractivity contribution in [2.75, 3.05) is 18.9 Å². The fourth-order valence-corrected chi connectivity index (χ4v) is 5.37. The van der Waals surface area contributed by atoms with E-state index in [9.17, 15) is 42.7 Å². The van der Waals surface area contributed by atoms with Gasteiger partial charge in [0.2, 0.25) is 17.7 Å². The Bertz CT molecular complexity index is 1210. The minimum absolute atomic E-state index is 0.0914. The average Bonchev–Trinajstić information content (AvgIpc) is 3.26. The lowest BCUT2D eigenvalue weighted by Crippen LogP contribution is -2.58. The molecule has 10 nitrogen and oxygen atoms in total. The molecule has 13 heteroatoms. The molecule has 3 rings (SSSR count). The zero-order valence-electron chi connectivity index (χ0n) is 22.3. The molecular weight excluding hydrogens is 519 g/mol. The van der Waals surface area contributed by atoms with E-state index in [0.29, 0.717) is 11.3 Å². The molecule has 1 fully saturated rings. The molecule has 0 aromatic heterocycles. The van der Waals surface area contributed by atoms with Gasteiger partial charge in [-0.25, -0.2) is 0 Å². The normalized spacial score (nSPS) is 25.9. The van der Waals surface area contributed by atoms with Crippen molar-refractivity contribution in [1.29, 1.82) is 5.26 Å². The number of para-hydroxylation sites is 1. The summed E-state index contributed by atoms with van der Waals surface area (Å²) >= 11 is 0. The molecule has 1 aromatic rings. The first-order chi connectivity index (χ1) is 18.0. The summed E-state index contributed by atoms with van der Waals surface area (Å²) in [5, 5.41) is 25.9. The lowest BCUT2D eigenvalue weighted by Gasteiger charge is -2.45. The van der Waals surface area contributed by atoms with Gasteiger partial charge in [0.25, 0.3) is 0 Å². The van der Waals surface area contributed by atoms with Crippen molar-refractivity contribution in [3.8, 4) is 6.07 Å². The molecule has 2 heterocycles. The van der Waals surface area contributed by atoms with Crippen molar-refractivity contribution in [1.82, 2.24) is 15.1 Å². The van der Waals surface area contributed by atoms with E-state index >= 15 is 0 Å². The number of likely N-dealkylation sites (N-methyl/N-ethyl adjacent to an activating group) is 1. The molecule has 2 aliphatic rings. The lowest BCUT2D eigenvalue weighted by atomic mass is 9.65. The highest BCUT2D eigenvalue weighted by molar-refractivity contribution is 6.01. The van der Waals surface area contributed by atoms with Gasteiger partial charge < -0.3 is 25.5 Å². The number of likely N-dealkylation sites (tertiary alicyclic amines) is 1. The van der Waals surface area contributed by atoms with E-state index < -0.39 is 58.9 Å². The second-order valence-electron chi connectivity index (χ2n) is 10.8. The van der Waals surface area contributed by atoms with Gasteiger partial charge in [-0.15, -0.1) is 0 Å². The number of benzene rings is 1. The number of alkyl halides is 3. The maximum absolute atomic E-state index is 13.9. The van der Waals surface area contributed by atoms with E-state index in [1.807, 2.05) is 6.07 Å². The predicted octanol–water partition coefficient (Wildman–Crippen LogP) is 1.90. The maximum Gasteiger partial charge on any atom is 0.471 e. The van der Waals surface area contributed by atoms with Crippen molar-refractivity contribution in [3.63, 3.8) is 0 Å². The molecule has 2 aliphatic heterocycles. The number of hydrogen-bond acceptors (Lipinski definition) is 6. The number of carbonyl (C=O) groups is 4. The number of nitrogens with one attached hydrogen (secondary N) is 2. The van der Waals surface area contributed by atoms with Gasteiger partial charge in [-0.05, 0) is 32.3 Å². The number of nitrogens with zero attached hydrogens (tertiary/aromatic N) is 3. The Morgan fingerprint density at radius 2 is 1.90 bits per heavy atom. The fraction of sp³-hybridized carbons (Fsp3) is 0.577. The van der Waals surface area contributed by atoms with Gasteiger partial charge in [0.15, 0.2) is 0 Å². The third-order valence-corrected chi connectivity index (χ3v) is 7.63. The van der Waals surface area contributed by atoms with Crippen LogP contribution in [0.5, 0.6) is 0 Å². The average molecular weight is 552 g/mol. The summed E-state index contributed by atoms with van der Waals surface area (Å²) in [5.74, 6) is -4.64. The molecule has 0 bridgehead atoms. The SMILES string of the molecule is CC(C)CC(C(=O)N1C[C@]2(C[C@H]1C#N)C(=O)Nc1ccccc1C2(C)O)N(C)C(=O)C(C)NC(=O)C(F)(F)F. The molecule has 0 saturated carbocycles. The number of fused-ring (bicyclic) bond motifs is 1. The monoisotopic (exact) mass is 551 g/mol. The number of nitriles is 1. The van der Waals surface area contributed by atoms with Crippen molar-refractivity contribution in [3.05, 3.63) is 29.8 Å². The van der Waals surface area contributed by atoms with Crippen LogP contribution >= 0.6 is 0 Å². The summed E-state index contributed by atoms with van der Waals surface area (Å²) in [4.78, 5) is 53.7. The molecule has 39 heavy (non-hydrogen) atoms. The molecule has 3 unspecified atom stereocenters. The Morgan fingerprint density at radius 3 is 2.46 bits per heavy atom. The highest BCUT2D eigenvalue weighted by Crippen LogP contribution is 2.53. The highest BCUT2D eigenvalue weighted by Gasteiger charge is 2.64. The number of anilines is 1. The van der Waals surface area contributed by atoms with Crippen LogP contribution in [0.2, 0.25) is 0 Å². The lowest BCUT2D eigenvalue weighted by molar-refractivity contribution is -0.175. The maximum atomic E-state index is 13.9.